The number of nitrogens with two attached hydrogens (primary N) is 1. The highest BCUT2D eigenvalue weighted by atomic mass is 32.1. The molecule has 1 heterocycles. The van der Waals surface area contributed by atoms with Crippen LogP contribution in [0.5, 0.6) is 0 Å². The predicted molar refractivity (Wildman–Crippen MR) is 100 cm³/mol. The van der Waals surface area contributed by atoms with Crippen LogP contribution >= 0.6 is 11.3 Å². The van der Waals surface area contributed by atoms with Crippen LogP contribution in [0.3, 0.4) is 0 Å². The van der Waals surface area contributed by atoms with Crippen molar-refractivity contribution in [3.63, 3.8) is 0 Å². The van der Waals surface area contributed by atoms with Gasteiger partial charge in [0.25, 0.3) is 0 Å². The second kappa shape index (κ2) is 7.90. The van der Waals surface area contributed by atoms with Crippen LogP contribution in [0, 0.1) is 0 Å². The van der Waals surface area contributed by atoms with Gasteiger partial charge in [0.15, 0.2) is 6.29 Å². The van der Waals surface area contributed by atoms with Gasteiger partial charge < -0.3 is 10.6 Å². The number of fused-ring (bicyclic) bond motifs is 1. The fourth-order valence-corrected chi connectivity index (χ4v) is 3.11. The maximum atomic E-state index is 10.4. The van der Waals surface area contributed by atoms with Crippen molar-refractivity contribution in [2.24, 2.45) is 0 Å². The smallest absolute Gasteiger partial charge is 0.160 e. The van der Waals surface area contributed by atoms with Crippen molar-refractivity contribution in [2.75, 3.05) is 19.8 Å². The maximum Gasteiger partial charge on any atom is 0.160 e. The molecule has 2 aromatic carbocycles. The Bertz CT molecular complexity index is 747. The first kappa shape index (κ1) is 17.2. The predicted octanol–water partition coefficient (Wildman–Crippen LogP) is 4.61. The summed E-state index contributed by atoms with van der Waals surface area (Å²) in [5, 5.41) is 1.15. The minimum Gasteiger partial charge on any atom is -0.398 e. The Morgan fingerprint density at radius 2 is 1.74 bits per heavy atom. The molecule has 2 N–H and O–H groups in total. The summed E-state index contributed by atoms with van der Waals surface area (Å²) >= 11 is 1.53. The van der Waals surface area contributed by atoms with Crippen molar-refractivity contribution in [1.29, 1.82) is 0 Å². The monoisotopic (exact) mass is 326 g/mol. The molecule has 0 saturated heterocycles. The van der Waals surface area contributed by atoms with Gasteiger partial charge in [-0.15, -0.1) is 11.3 Å². The van der Waals surface area contributed by atoms with Crippen LogP contribution in [-0.4, -0.2) is 25.3 Å². The quantitative estimate of drug-likeness (QED) is 0.565. The van der Waals surface area contributed by atoms with Crippen molar-refractivity contribution >= 4 is 33.4 Å². The molecule has 3 aromatic rings. The molecule has 0 aliphatic carbocycles. The molecule has 4 heteroatoms. The second-order valence-electron chi connectivity index (χ2n) is 5.57. The number of carbonyl (C=O) groups excluding carboxylic acids is 1. The fourth-order valence-electron chi connectivity index (χ4n) is 2.23. The molecule has 0 aliphatic rings. The van der Waals surface area contributed by atoms with E-state index in [-0.39, 0.29) is 0 Å². The molecule has 0 saturated carbocycles. The Morgan fingerprint density at radius 3 is 2.35 bits per heavy atom. The van der Waals surface area contributed by atoms with Gasteiger partial charge in [0.2, 0.25) is 0 Å². The number of nitrogen functional groups attached to an aromatic ring is 1. The first-order chi connectivity index (χ1) is 11.0. The van der Waals surface area contributed by atoms with Gasteiger partial charge in [-0.2, -0.15) is 0 Å². The zero-order valence-corrected chi connectivity index (χ0v) is 14.5. The molecule has 0 radical (unpaired) electrons. The molecule has 0 amide bonds. The number of aldehydes is 1. The highest BCUT2D eigenvalue weighted by Crippen LogP contribution is 2.23. The molecule has 1 atom stereocenters. The van der Waals surface area contributed by atoms with E-state index in [9.17, 15) is 4.79 Å². The van der Waals surface area contributed by atoms with Crippen molar-refractivity contribution in [2.45, 2.75) is 13.0 Å². The number of benzene rings is 2. The van der Waals surface area contributed by atoms with Crippen LogP contribution in [0.15, 0.2) is 54.6 Å². The first-order valence-electron chi connectivity index (χ1n) is 7.47. The highest BCUT2D eigenvalue weighted by Gasteiger charge is 2.09. The molecule has 0 bridgehead atoms. The largest absolute Gasteiger partial charge is 0.398 e. The van der Waals surface area contributed by atoms with Gasteiger partial charge >= 0.3 is 0 Å². The van der Waals surface area contributed by atoms with Crippen molar-refractivity contribution in [1.82, 2.24) is 4.90 Å². The molecule has 0 spiro atoms. The third-order valence-corrected chi connectivity index (χ3v) is 4.82. The van der Waals surface area contributed by atoms with Gasteiger partial charge in [0, 0.05) is 16.4 Å². The van der Waals surface area contributed by atoms with E-state index in [4.69, 9.17) is 5.73 Å². The normalized spacial score (nSPS) is 11.8. The minimum atomic E-state index is 0.381. The van der Waals surface area contributed by atoms with E-state index >= 15 is 0 Å². The molecule has 120 valence electrons. The summed E-state index contributed by atoms with van der Waals surface area (Å²) in [5.41, 5.74) is 7.90. The molecule has 0 fully saturated rings. The molecule has 3 rings (SSSR count). The second-order valence-corrected chi connectivity index (χ2v) is 6.69. The third-order valence-electron chi connectivity index (χ3n) is 3.78. The Hall–Kier alpha value is -2.17. The van der Waals surface area contributed by atoms with Gasteiger partial charge in [-0.3, -0.25) is 4.79 Å². The van der Waals surface area contributed by atoms with E-state index in [1.165, 1.54) is 21.6 Å². The average Bonchev–Trinajstić information content (AvgIpc) is 2.98. The number of carbonyl (C=O) groups is 1. The van der Waals surface area contributed by atoms with Crippen molar-refractivity contribution in [3.05, 3.63) is 65.0 Å². The van der Waals surface area contributed by atoms with Gasteiger partial charge in [0.05, 0.1) is 4.88 Å². The van der Waals surface area contributed by atoms with Crippen LogP contribution in [0.4, 0.5) is 5.69 Å². The van der Waals surface area contributed by atoms with E-state index < -0.39 is 0 Å². The van der Waals surface area contributed by atoms with Crippen molar-refractivity contribution < 1.29 is 4.79 Å². The third kappa shape index (κ3) is 4.41. The zero-order chi connectivity index (χ0) is 16.8. The number of rotatable bonds is 3. The number of thiophene rings is 1. The number of hydrogen-bond acceptors (Lipinski definition) is 4. The summed E-state index contributed by atoms with van der Waals surface area (Å²) in [5.74, 6) is 0. The summed E-state index contributed by atoms with van der Waals surface area (Å²) in [7, 11) is 4.11. The lowest BCUT2D eigenvalue weighted by Gasteiger charge is -2.21. The van der Waals surface area contributed by atoms with Crippen LogP contribution in [0.25, 0.3) is 10.1 Å². The Balaban J connectivity index is 0.000000167. The molecule has 1 aromatic heterocycles. The lowest BCUT2D eigenvalue weighted by molar-refractivity contribution is 0.112. The maximum absolute atomic E-state index is 10.4. The Labute approximate surface area is 141 Å². The van der Waals surface area contributed by atoms with E-state index in [1.54, 1.807) is 0 Å². The lowest BCUT2D eigenvalue weighted by Crippen LogP contribution is -2.17. The number of anilines is 1. The molecule has 23 heavy (non-hydrogen) atoms. The summed E-state index contributed by atoms with van der Waals surface area (Å²) in [6.45, 7) is 2.14. The van der Waals surface area contributed by atoms with E-state index in [0.717, 1.165) is 22.2 Å². The average molecular weight is 326 g/mol. The summed E-state index contributed by atoms with van der Waals surface area (Å²) < 4.78 is 1.18. The van der Waals surface area contributed by atoms with Crippen molar-refractivity contribution in [3.8, 4) is 0 Å². The summed E-state index contributed by atoms with van der Waals surface area (Å²) in [6, 6.07) is 18.3. The molecular formula is C19H22N2OS. The number of hydrogen-bond donors (Lipinski definition) is 1. The molecular weight excluding hydrogens is 304 g/mol. The molecule has 0 aliphatic heterocycles. The first-order valence-corrected chi connectivity index (χ1v) is 8.29. The lowest BCUT2D eigenvalue weighted by atomic mass is 10.1. The van der Waals surface area contributed by atoms with Crippen LogP contribution in [0.2, 0.25) is 0 Å². The van der Waals surface area contributed by atoms with Crippen LogP contribution in [-0.2, 0) is 0 Å². The number of nitrogens with zero attached hydrogens (tertiary/aromatic N) is 1. The fraction of sp³-hybridized carbons (Fsp3) is 0.211. The highest BCUT2D eigenvalue weighted by molar-refractivity contribution is 7.20. The van der Waals surface area contributed by atoms with Gasteiger partial charge in [-0.1, -0.05) is 36.4 Å². The van der Waals surface area contributed by atoms with Gasteiger partial charge in [-0.25, -0.2) is 0 Å². The van der Waals surface area contributed by atoms with E-state index in [0.29, 0.717) is 6.04 Å². The topological polar surface area (TPSA) is 46.3 Å². The Kier molecular flexibility index (Phi) is 5.90. The van der Waals surface area contributed by atoms with Gasteiger partial charge in [0.1, 0.15) is 0 Å². The summed E-state index contributed by atoms with van der Waals surface area (Å²) in [6.07, 6.45) is 0.894. The SMILES string of the molecule is CC(c1ccccc1N)N(C)C.O=Cc1cc2ccccc2s1. The zero-order valence-electron chi connectivity index (χ0n) is 13.7. The van der Waals surface area contributed by atoms with Gasteiger partial charge in [-0.05, 0) is 50.2 Å². The summed E-state index contributed by atoms with van der Waals surface area (Å²) in [4.78, 5) is 13.3. The Morgan fingerprint density at radius 1 is 1.09 bits per heavy atom. The minimum absolute atomic E-state index is 0.381. The van der Waals surface area contributed by atoms with E-state index in [2.05, 4.69) is 32.0 Å². The standard InChI is InChI=1S/C10H16N2.C9H6OS/c1-8(12(2)3)9-6-4-5-7-10(9)11;10-6-8-5-7-3-1-2-4-9(7)11-8/h4-8H,11H2,1-3H3;1-6H. The van der Waals surface area contributed by atoms with E-state index in [1.807, 2.05) is 48.5 Å². The number of para-hydroxylation sites is 1. The van der Waals surface area contributed by atoms with Crippen LogP contribution < -0.4 is 5.73 Å². The molecule has 1 unspecified atom stereocenters. The van der Waals surface area contributed by atoms with Crippen LogP contribution in [0.1, 0.15) is 28.2 Å². The molecule has 3 nitrogen and oxygen atoms in total.